The van der Waals surface area contributed by atoms with Crippen LogP contribution in [-0.4, -0.2) is 68.3 Å². The number of ether oxygens (including phenoxy) is 1. The molecule has 1 aliphatic heterocycles. The number of methoxy groups -OCH3 is 1. The molecule has 1 aliphatic carbocycles. The van der Waals surface area contributed by atoms with E-state index in [1.165, 1.54) is 16.8 Å². The third kappa shape index (κ3) is 4.27. The van der Waals surface area contributed by atoms with Crippen molar-refractivity contribution in [3.63, 3.8) is 0 Å². The van der Waals surface area contributed by atoms with Crippen molar-refractivity contribution in [2.75, 3.05) is 20.2 Å². The maximum atomic E-state index is 13.0. The number of nitrogens with zero attached hydrogens (tertiary/aromatic N) is 4. The summed E-state index contributed by atoms with van der Waals surface area (Å²) >= 11 is 0. The van der Waals surface area contributed by atoms with Gasteiger partial charge in [0, 0.05) is 44.4 Å². The number of rotatable bonds is 7. The van der Waals surface area contributed by atoms with E-state index >= 15 is 0 Å². The van der Waals surface area contributed by atoms with Gasteiger partial charge in [-0.15, -0.1) is 0 Å². The Bertz CT molecular complexity index is 1130. The molecule has 10 nitrogen and oxygen atoms in total. The molecule has 0 bridgehead atoms. The predicted molar refractivity (Wildman–Crippen MR) is 117 cm³/mol. The molecule has 1 saturated heterocycles. The Labute approximate surface area is 185 Å². The summed E-state index contributed by atoms with van der Waals surface area (Å²) in [6, 6.07) is 0.0426. The van der Waals surface area contributed by atoms with E-state index in [9.17, 15) is 19.5 Å². The fourth-order valence-electron chi connectivity index (χ4n) is 3.94. The molecule has 2 fully saturated rings. The van der Waals surface area contributed by atoms with Gasteiger partial charge in [-0.1, -0.05) is 13.8 Å². The van der Waals surface area contributed by atoms with E-state index in [1.807, 2.05) is 13.8 Å². The first-order valence-electron chi connectivity index (χ1n) is 10.9. The van der Waals surface area contributed by atoms with Crippen molar-refractivity contribution < 1.29 is 19.4 Å². The van der Waals surface area contributed by atoms with Crippen LogP contribution in [0, 0.1) is 5.92 Å². The maximum absolute atomic E-state index is 13.0. The van der Waals surface area contributed by atoms with Crippen molar-refractivity contribution in [2.24, 2.45) is 5.92 Å². The summed E-state index contributed by atoms with van der Waals surface area (Å²) < 4.78 is 7.94. The van der Waals surface area contributed by atoms with Gasteiger partial charge < -0.3 is 20.1 Å². The average molecular weight is 444 g/mol. The zero-order valence-corrected chi connectivity index (χ0v) is 18.6. The van der Waals surface area contributed by atoms with Gasteiger partial charge in [0.25, 0.3) is 11.5 Å². The molecule has 1 atom stereocenters. The first-order chi connectivity index (χ1) is 15.3. The lowest BCUT2D eigenvalue weighted by Crippen LogP contribution is -2.34. The second kappa shape index (κ2) is 8.78. The minimum absolute atomic E-state index is 0.0395. The van der Waals surface area contributed by atoms with Crippen LogP contribution < -0.4 is 10.9 Å². The van der Waals surface area contributed by atoms with Crippen LogP contribution in [-0.2, 0) is 16.1 Å². The number of aromatic nitrogens is 3. The molecular weight excluding hydrogens is 414 g/mol. The molecule has 0 aromatic carbocycles. The van der Waals surface area contributed by atoms with Crippen molar-refractivity contribution in [1.29, 1.82) is 0 Å². The lowest BCUT2D eigenvalue weighted by Gasteiger charge is -2.17. The number of likely N-dealkylation sites (tertiary alicyclic amines) is 1. The van der Waals surface area contributed by atoms with Crippen molar-refractivity contribution >= 4 is 23.5 Å². The number of nitrogens with one attached hydrogen (secondary N) is 1. The van der Waals surface area contributed by atoms with E-state index in [4.69, 9.17) is 4.74 Å². The highest BCUT2D eigenvalue weighted by molar-refractivity contribution is 5.97. The maximum Gasteiger partial charge on any atom is 0.291 e. The number of aromatic hydroxyl groups is 1. The molecule has 0 radical (unpaired) electrons. The van der Waals surface area contributed by atoms with E-state index in [1.54, 1.807) is 18.1 Å². The topological polar surface area (TPSA) is 118 Å². The summed E-state index contributed by atoms with van der Waals surface area (Å²) in [4.78, 5) is 39.9. The van der Waals surface area contributed by atoms with Crippen LogP contribution in [0.5, 0.6) is 5.88 Å². The second-order valence-electron chi connectivity index (χ2n) is 8.86. The second-order valence-corrected chi connectivity index (χ2v) is 8.86. The molecule has 32 heavy (non-hydrogen) atoms. The largest absolute Gasteiger partial charge is 0.494 e. The van der Waals surface area contributed by atoms with Gasteiger partial charge in [-0.3, -0.25) is 19.0 Å². The molecule has 3 heterocycles. The quantitative estimate of drug-likeness (QED) is 0.617. The summed E-state index contributed by atoms with van der Waals surface area (Å²) in [6.07, 6.45) is 7.04. The van der Waals surface area contributed by atoms with Crippen molar-refractivity contribution in [1.82, 2.24) is 24.4 Å². The molecule has 2 aromatic rings. The molecule has 172 valence electrons. The number of amides is 2. The first-order valence-corrected chi connectivity index (χ1v) is 10.9. The van der Waals surface area contributed by atoms with Crippen LogP contribution in [0.3, 0.4) is 0 Å². The summed E-state index contributed by atoms with van der Waals surface area (Å²) in [5.41, 5.74) is -0.168. The summed E-state index contributed by atoms with van der Waals surface area (Å²) in [5, 5.41) is 17.8. The Kier molecular flexibility index (Phi) is 6.05. The highest BCUT2D eigenvalue weighted by atomic mass is 16.5. The van der Waals surface area contributed by atoms with Crippen molar-refractivity contribution in [3.8, 4) is 5.88 Å². The Morgan fingerprint density at radius 1 is 1.34 bits per heavy atom. The molecule has 2 amide bonds. The monoisotopic (exact) mass is 443 g/mol. The number of carbonyl (C=O) groups excluding carboxylic acids is 2. The van der Waals surface area contributed by atoms with Gasteiger partial charge in [-0.2, -0.15) is 9.61 Å². The van der Waals surface area contributed by atoms with Gasteiger partial charge in [-0.25, -0.2) is 0 Å². The normalized spacial score (nSPS) is 18.9. The third-order valence-corrected chi connectivity index (χ3v) is 5.80. The summed E-state index contributed by atoms with van der Waals surface area (Å²) in [5.74, 6) is -1.03. The van der Waals surface area contributed by atoms with Crippen LogP contribution in [0.2, 0.25) is 0 Å². The minimum Gasteiger partial charge on any atom is -0.494 e. The predicted octanol–water partition coefficient (Wildman–Crippen LogP) is 1.01. The van der Waals surface area contributed by atoms with Gasteiger partial charge in [0.2, 0.25) is 11.8 Å². The molecule has 4 rings (SSSR count). The zero-order chi connectivity index (χ0) is 23.0. The number of carbonyl (C=O) groups is 2. The van der Waals surface area contributed by atoms with E-state index < -0.39 is 17.3 Å². The smallest absolute Gasteiger partial charge is 0.291 e. The Hall–Kier alpha value is -3.14. The molecule has 1 saturated carbocycles. The molecule has 0 spiro atoms. The Morgan fingerprint density at radius 2 is 2.09 bits per heavy atom. The molecular formula is C22H29N5O5. The van der Waals surface area contributed by atoms with Crippen LogP contribution in [0.25, 0.3) is 11.7 Å². The lowest BCUT2D eigenvalue weighted by atomic mass is 10.2. The summed E-state index contributed by atoms with van der Waals surface area (Å²) in [6.45, 7) is 5.45. The van der Waals surface area contributed by atoms with Crippen molar-refractivity contribution in [3.05, 3.63) is 33.8 Å². The number of fused-ring (bicyclic) bond motifs is 1. The fourth-order valence-corrected chi connectivity index (χ4v) is 3.94. The van der Waals surface area contributed by atoms with Gasteiger partial charge in [-0.05, 0) is 31.3 Å². The Morgan fingerprint density at radius 3 is 2.72 bits per heavy atom. The first kappa shape index (κ1) is 22.1. The van der Waals surface area contributed by atoms with Gasteiger partial charge in [0.15, 0.2) is 5.56 Å². The molecule has 2 aromatic heterocycles. The molecule has 2 aliphatic rings. The van der Waals surface area contributed by atoms with E-state index in [0.29, 0.717) is 30.8 Å². The highest BCUT2D eigenvalue weighted by Gasteiger charge is 2.30. The van der Waals surface area contributed by atoms with Crippen LogP contribution in [0.1, 0.15) is 49.0 Å². The van der Waals surface area contributed by atoms with E-state index in [2.05, 4.69) is 10.4 Å². The zero-order valence-electron chi connectivity index (χ0n) is 18.6. The lowest BCUT2D eigenvalue weighted by molar-refractivity contribution is -0.125. The molecule has 10 heteroatoms. The van der Waals surface area contributed by atoms with Gasteiger partial charge in [0.1, 0.15) is 5.65 Å². The van der Waals surface area contributed by atoms with E-state index in [-0.39, 0.29) is 29.5 Å². The van der Waals surface area contributed by atoms with E-state index in [0.717, 1.165) is 23.8 Å². The van der Waals surface area contributed by atoms with Gasteiger partial charge >= 0.3 is 0 Å². The third-order valence-electron chi connectivity index (χ3n) is 5.80. The van der Waals surface area contributed by atoms with Crippen LogP contribution in [0.15, 0.2) is 17.1 Å². The fraction of sp³-hybridized carbons (Fsp3) is 0.545. The van der Waals surface area contributed by atoms with Crippen LogP contribution in [0.4, 0.5) is 0 Å². The van der Waals surface area contributed by atoms with Crippen molar-refractivity contribution in [2.45, 2.75) is 51.8 Å². The highest BCUT2D eigenvalue weighted by Crippen LogP contribution is 2.24. The van der Waals surface area contributed by atoms with Gasteiger partial charge in [0.05, 0.1) is 12.3 Å². The SMILES string of the molecule is CO[C@H]1CCN(C(=O)/C=C/c2cnn3c(=O)c(C(=O)NC4CC4)c(O)n(CC(C)C)c23)C1. The number of hydrogen-bond donors (Lipinski definition) is 2. The molecule has 2 N–H and O–H groups in total. The average Bonchev–Trinajstić information content (AvgIpc) is 3.26. The summed E-state index contributed by atoms with van der Waals surface area (Å²) in [7, 11) is 1.63. The Balaban J connectivity index is 1.72. The molecule has 0 unspecified atom stereocenters. The minimum atomic E-state index is -0.691. The number of hydrogen-bond acceptors (Lipinski definition) is 6. The standard InChI is InChI=1S/C22H29N5O5/c1-13(2)11-26-20-14(4-7-17(28)25-9-8-16(12-25)32-3)10-23-27(20)22(31)18(21(26)30)19(29)24-15-5-6-15/h4,7,10,13,15-16,30H,5-6,8-9,11-12H2,1-3H3,(H,24,29)/b7-4+/t16-/m0/s1. The van der Waals surface area contributed by atoms with Crippen LogP contribution >= 0.6 is 0 Å².